The van der Waals surface area contributed by atoms with E-state index >= 15 is 0 Å². The lowest BCUT2D eigenvalue weighted by Crippen LogP contribution is -2.46. The first-order valence-electron chi connectivity index (χ1n) is 7.27. The van der Waals surface area contributed by atoms with Crippen molar-refractivity contribution in [3.05, 3.63) is 23.6 Å². The Morgan fingerprint density at radius 2 is 1.86 bits per heavy atom. The Bertz CT molecular complexity index is 800. The molecular formula is C14H17N7S. The molecule has 0 N–H and O–H groups in total. The monoisotopic (exact) mass is 315 g/mol. The van der Waals surface area contributed by atoms with Crippen molar-refractivity contribution < 1.29 is 0 Å². The van der Waals surface area contributed by atoms with Crippen LogP contribution in [-0.4, -0.2) is 50.9 Å². The van der Waals surface area contributed by atoms with Crippen LogP contribution >= 0.6 is 11.3 Å². The Hall–Kier alpha value is -2.22. The largest absolute Gasteiger partial charge is 0.352 e. The quantitative estimate of drug-likeness (QED) is 0.713. The third-order valence-electron chi connectivity index (χ3n) is 3.97. The minimum absolute atomic E-state index is 0.878. The van der Waals surface area contributed by atoms with Crippen molar-refractivity contribution in [2.45, 2.75) is 6.92 Å². The SMILES string of the molecule is Cc1csc(N2CCN(c3ncnc4c3cnn4C)CC2)n1. The lowest BCUT2D eigenvalue weighted by atomic mass is 10.3. The Morgan fingerprint density at radius 1 is 1.09 bits per heavy atom. The van der Waals surface area contributed by atoms with Crippen LogP contribution in [0, 0.1) is 6.92 Å². The van der Waals surface area contributed by atoms with Crippen molar-refractivity contribution in [3.8, 4) is 0 Å². The molecule has 8 heteroatoms. The molecule has 4 rings (SSSR count). The highest BCUT2D eigenvalue weighted by molar-refractivity contribution is 7.13. The molecule has 3 aromatic heterocycles. The van der Waals surface area contributed by atoms with Gasteiger partial charge >= 0.3 is 0 Å². The second kappa shape index (κ2) is 5.20. The van der Waals surface area contributed by atoms with Crippen molar-refractivity contribution in [1.29, 1.82) is 0 Å². The summed E-state index contributed by atoms with van der Waals surface area (Å²) >= 11 is 1.72. The predicted molar refractivity (Wildman–Crippen MR) is 87.6 cm³/mol. The van der Waals surface area contributed by atoms with Crippen LogP contribution in [-0.2, 0) is 7.05 Å². The first-order valence-corrected chi connectivity index (χ1v) is 8.15. The van der Waals surface area contributed by atoms with E-state index in [-0.39, 0.29) is 0 Å². The van der Waals surface area contributed by atoms with Gasteiger partial charge in [-0.1, -0.05) is 0 Å². The van der Waals surface area contributed by atoms with Crippen LogP contribution in [0.3, 0.4) is 0 Å². The molecule has 1 saturated heterocycles. The number of anilines is 2. The summed E-state index contributed by atoms with van der Waals surface area (Å²) in [5.74, 6) is 0.980. The van der Waals surface area contributed by atoms with E-state index in [1.807, 2.05) is 20.2 Å². The fourth-order valence-electron chi connectivity index (χ4n) is 2.80. The van der Waals surface area contributed by atoms with Crippen LogP contribution in [0.1, 0.15) is 5.69 Å². The van der Waals surface area contributed by atoms with Crippen molar-refractivity contribution in [1.82, 2.24) is 24.7 Å². The van der Waals surface area contributed by atoms with Gasteiger partial charge in [0.15, 0.2) is 10.8 Å². The summed E-state index contributed by atoms with van der Waals surface area (Å²) in [4.78, 5) is 18.0. The summed E-state index contributed by atoms with van der Waals surface area (Å²) in [6.07, 6.45) is 3.47. The summed E-state index contributed by atoms with van der Waals surface area (Å²) in [7, 11) is 1.90. The number of nitrogens with zero attached hydrogens (tertiary/aromatic N) is 7. The zero-order chi connectivity index (χ0) is 15.1. The standard InChI is InChI=1S/C14H17N7S/c1-10-8-22-14(18-10)21-5-3-20(4-6-21)13-11-7-17-19(2)12(11)15-9-16-13/h7-9H,3-6H2,1-2H3. The molecule has 0 unspecified atom stereocenters. The van der Waals surface area contributed by atoms with Gasteiger partial charge in [0.05, 0.1) is 17.3 Å². The van der Waals surface area contributed by atoms with Gasteiger partial charge in [-0.15, -0.1) is 11.3 Å². The van der Waals surface area contributed by atoms with Crippen LogP contribution in [0.15, 0.2) is 17.9 Å². The van der Waals surface area contributed by atoms with Gasteiger partial charge in [0.25, 0.3) is 0 Å². The molecule has 0 amide bonds. The molecule has 114 valence electrons. The molecule has 4 heterocycles. The summed E-state index contributed by atoms with van der Waals surface area (Å²) in [6.45, 7) is 5.81. The lowest BCUT2D eigenvalue weighted by Gasteiger charge is -2.35. The van der Waals surface area contributed by atoms with E-state index in [9.17, 15) is 0 Å². The minimum atomic E-state index is 0.878. The third kappa shape index (κ3) is 2.19. The number of thiazole rings is 1. The second-order valence-corrected chi connectivity index (χ2v) is 6.28. The Labute approximate surface area is 132 Å². The van der Waals surface area contributed by atoms with E-state index in [0.717, 1.165) is 53.9 Å². The van der Waals surface area contributed by atoms with E-state index in [4.69, 9.17) is 0 Å². The van der Waals surface area contributed by atoms with Crippen molar-refractivity contribution in [2.24, 2.45) is 7.05 Å². The molecule has 0 aliphatic carbocycles. The van der Waals surface area contributed by atoms with Gasteiger partial charge in [0.1, 0.15) is 12.1 Å². The molecule has 22 heavy (non-hydrogen) atoms. The zero-order valence-electron chi connectivity index (χ0n) is 12.6. The lowest BCUT2D eigenvalue weighted by molar-refractivity contribution is 0.647. The number of aromatic nitrogens is 5. The van der Waals surface area contributed by atoms with E-state index < -0.39 is 0 Å². The molecule has 1 aliphatic rings. The number of hydrogen-bond donors (Lipinski definition) is 0. The van der Waals surface area contributed by atoms with Crippen LogP contribution in [0.5, 0.6) is 0 Å². The highest BCUT2D eigenvalue weighted by Crippen LogP contribution is 2.26. The molecule has 0 atom stereocenters. The number of hydrogen-bond acceptors (Lipinski definition) is 7. The number of piperazine rings is 1. The molecule has 0 radical (unpaired) electrons. The van der Waals surface area contributed by atoms with E-state index in [1.54, 1.807) is 22.3 Å². The summed E-state index contributed by atoms with van der Waals surface area (Å²) in [6, 6.07) is 0. The van der Waals surface area contributed by atoms with E-state index in [0.29, 0.717) is 0 Å². The highest BCUT2D eigenvalue weighted by atomic mass is 32.1. The maximum Gasteiger partial charge on any atom is 0.185 e. The molecule has 0 aromatic carbocycles. The van der Waals surface area contributed by atoms with Crippen LogP contribution in [0.4, 0.5) is 10.9 Å². The minimum Gasteiger partial charge on any atom is -0.352 e. The van der Waals surface area contributed by atoms with Gasteiger partial charge in [-0.05, 0) is 6.92 Å². The number of aryl methyl sites for hydroxylation is 2. The van der Waals surface area contributed by atoms with Crippen molar-refractivity contribution in [3.63, 3.8) is 0 Å². The summed E-state index contributed by atoms with van der Waals surface area (Å²) in [5, 5.41) is 8.52. The molecule has 0 spiro atoms. The normalized spacial score (nSPS) is 15.7. The Balaban J connectivity index is 1.55. The van der Waals surface area contributed by atoms with Crippen LogP contribution < -0.4 is 9.80 Å². The third-order valence-corrected chi connectivity index (χ3v) is 4.98. The molecule has 7 nitrogen and oxygen atoms in total. The van der Waals surface area contributed by atoms with Crippen LogP contribution in [0.2, 0.25) is 0 Å². The topological polar surface area (TPSA) is 63.0 Å². The molecule has 0 bridgehead atoms. The zero-order valence-corrected chi connectivity index (χ0v) is 13.4. The Kier molecular flexibility index (Phi) is 3.18. The van der Waals surface area contributed by atoms with Gasteiger partial charge in [0.2, 0.25) is 0 Å². The fraction of sp³-hybridized carbons (Fsp3) is 0.429. The van der Waals surface area contributed by atoms with Gasteiger partial charge in [0, 0.05) is 38.6 Å². The van der Waals surface area contributed by atoms with Gasteiger partial charge in [-0.25, -0.2) is 15.0 Å². The van der Waals surface area contributed by atoms with Gasteiger partial charge in [-0.3, -0.25) is 4.68 Å². The molecule has 1 aliphatic heterocycles. The average molecular weight is 315 g/mol. The maximum atomic E-state index is 4.57. The number of rotatable bonds is 2. The molecular weight excluding hydrogens is 298 g/mol. The number of fused-ring (bicyclic) bond motifs is 1. The summed E-state index contributed by atoms with van der Waals surface area (Å²) < 4.78 is 1.79. The van der Waals surface area contributed by atoms with E-state index in [2.05, 4.69) is 35.2 Å². The predicted octanol–water partition coefficient (Wildman–Crippen LogP) is 1.45. The molecule has 0 saturated carbocycles. The second-order valence-electron chi connectivity index (χ2n) is 5.45. The van der Waals surface area contributed by atoms with Crippen LogP contribution in [0.25, 0.3) is 11.0 Å². The average Bonchev–Trinajstić information content (AvgIpc) is 3.14. The smallest absolute Gasteiger partial charge is 0.185 e. The Morgan fingerprint density at radius 3 is 2.59 bits per heavy atom. The fourth-order valence-corrected chi connectivity index (χ4v) is 3.66. The molecule has 1 fully saturated rings. The highest BCUT2D eigenvalue weighted by Gasteiger charge is 2.22. The van der Waals surface area contributed by atoms with Crippen molar-refractivity contribution >= 4 is 33.3 Å². The summed E-state index contributed by atoms with van der Waals surface area (Å²) in [5.41, 5.74) is 1.97. The first kappa shape index (κ1) is 13.4. The first-order chi connectivity index (χ1) is 10.7. The van der Waals surface area contributed by atoms with Crippen molar-refractivity contribution in [2.75, 3.05) is 36.0 Å². The molecule has 3 aromatic rings. The van der Waals surface area contributed by atoms with E-state index in [1.165, 1.54) is 0 Å². The van der Waals surface area contributed by atoms with Gasteiger partial charge in [-0.2, -0.15) is 5.10 Å². The maximum absolute atomic E-state index is 4.57. The van der Waals surface area contributed by atoms with Gasteiger partial charge < -0.3 is 9.80 Å².